The Kier molecular flexibility index (Phi) is 6.31. The Morgan fingerprint density at radius 3 is 2.70 bits per heavy atom. The largest absolute Gasteiger partial charge is 0.327 e. The van der Waals surface area contributed by atoms with Gasteiger partial charge in [-0.25, -0.2) is 13.4 Å². The molecule has 0 unspecified atom stereocenters. The lowest BCUT2D eigenvalue weighted by Gasteiger charge is -2.07. The topological polar surface area (TPSA) is 52.0 Å². The van der Waals surface area contributed by atoms with Gasteiger partial charge in [0.15, 0.2) is 0 Å². The average Bonchev–Trinajstić information content (AvgIpc) is 2.65. The van der Waals surface area contributed by atoms with E-state index in [-0.39, 0.29) is 18.2 Å². The highest BCUT2D eigenvalue weighted by molar-refractivity contribution is 9.10. The molecule has 2 rings (SSSR count). The fourth-order valence-electron chi connectivity index (χ4n) is 1.99. The highest BCUT2D eigenvalue weighted by atomic mass is 79.9. The second kappa shape index (κ2) is 7.11. The number of aryl methyl sites for hydroxylation is 1. The standard InChI is InChI=1S/C12H14BrClN2O2S.ClH/c1-19(17,18)6-2-5-16-11-4-3-9(13)7-10(11)15-12(16)8-14;/h3-4,7H,2,5-6,8H2,1H3;1H. The van der Waals surface area contributed by atoms with Crippen LogP contribution in [0.5, 0.6) is 0 Å². The van der Waals surface area contributed by atoms with Crippen LogP contribution < -0.4 is 0 Å². The smallest absolute Gasteiger partial charge is 0.147 e. The van der Waals surface area contributed by atoms with Crippen LogP contribution in [0.25, 0.3) is 11.0 Å². The molecule has 4 nitrogen and oxygen atoms in total. The Labute approximate surface area is 138 Å². The van der Waals surface area contributed by atoms with E-state index in [1.165, 1.54) is 6.26 Å². The van der Waals surface area contributed by atoms with E-state index in [0.717, 1.165) is 21.3 Å². The van der Waals surface area contributed by atoms with Gasteiger partial charge in [0.2, 0.25) is 0 Å². The van der Waals surface area contributed by atoms with Crippen LogP contribution in [0.3, 0.4) is 0 Å². The van der Waals surface area contributed by atoms with Crippen LogP contribution in [0.4, 0.5) is 0 Å². The third-order valence-corrected chi connectivity index (χ3v) is 4.57. The summed E-state index contributed by atoms with van der Waals surface area (Å²) < 4.78 is 25.3. The van der Waals surface area contributed by atoms with Gasteiger partial charge >= 0.3 is 0 Å². The summed E-state index contributed by atoms with van der Waals surface area (Å²) >= 11 is 9.30. The normalized spacial score (nSPS) is 11.6. The fraction of sp³-hybridized carbons (Fsp3) is 0.417. The van der Waals surface area contributed by atoms with Gasteiger partial charge in [-0.15, -0.1) is 24.0 Å². The van der Waals surface area contributed by atoms with Crippen LogP contribution in [0, 0.1) is 0 Å². The van der Waals surface area contributed by atoms with E-state index in [9.17, 15) is 8.42 Å². The molecule has 0 bridgehead atoms. The van der Waals surface area contributed by atoms with Gasteiger partial charge < -0.3 is 4.57 Å². The number of imidazole rings is 1. The maximum absolute atomic E-state index is 11.2. The number of rotatable bonds is 5. The molecule has 0 amide bonds. The zero-order valence-electron chi connectivity index (χ0n) is 10.8. The predicted octanol–water partition coefficient (Wildman–Crippen LogP) is 3.39. The maximum atomic E-state index is 11.2. The molecule has 1 heterocycles. The van der Waals surface area contributed by atoms with Crippen molar-refractivity contribution in [2.75, 3.05) is 12.0 Å². The van der Waals surface area contributed by atoms with E-state index < -0.39 is 9.84 Å². The third-order valence-electron chi connectivity index (χ3n) is 2.81. The molecular formula is C12H15BrCl2N2O2S. The summed E-state index contributed by atoms with van der Waals surface area (Å²) in [6, 6.07) is 5.83. The molecule has 0 aliphatic rings. The molecule has 20 heavy (non-hydrogen) atoms. The molecule has 8 heteroatoms. The number of halogens is 3. The van der Waals surface area contributed by atoms with Crippen molar-refractivity contribution in [1.29, 1.82) is 0 Å². The highest BCUT2D eigenvalue weighted by Crippen LogP contribution is 2.22. The quantitative estimate of drug-likeness (QED) is 0.721. The first-order chi connectivity index (χ1) is 8.90. The number of nitrogens with zero attached hydrogens (tertiary/aromatic N) is 2. The number of benzene rings is 1. The molecule has 1 aromatic carbocycles. The van der Waals surface area contributed by atoms with E-state index in [0.29, 0.717) is 18.8 Å². The number of hydrogen-bond acceptors (Lipinski definition) is 3. The summed E-state index contributed by atoms with van der Waals surface area (Å²) in [4.78, 5) is 4.46. The second-order valence-electron chi connectivity index (χ2n) is 4.43. The zero-order chi connectivity index (χ0) is 14.0. The third kappa shape index (κ3) is 4.35. The van der Waals surface area contributed by atoms with E-state index in [2.05, 4.69) is 20.9 Å². The first-order valence-corrected chi connectivity index (χ1v) is 9.18. The first kappa shape index (κ1) is 17.8. The molecule has 0 saturated carbocycles. The highest BCUT2D eigenvalue weighted by Gasteiger charge is 2.11. The zero-order valence-corrected chi connectivity index (χ0v) is 14.8. The number of sulfone groups is 1. The van der Waals surface area contributed by atoms with E-state index in [1.54, 1.807) is 0 Å². The number of hydrogen-bond donors (Lipinski definition) is 0. The molecule has 0 aliphatic heterocycles. The van der Waals surface area contributed by atoms with Crippen LogP contribution in [-0.4, -0.2) is 30.0 Å². The van der Waals surface area contributed by atoms with E-state index in [4.69, 9.17) is 11.6 Å². The van der Waals surface area contributed by atoms with Crippen LogP contribution in [0.1, 0.15) is 12.2 Å². The van der Waals surface area contributed by atoms with Crippen LogP contribution in [-0.2, 0) is 22.3 Å². The Hall–Kier alpha value is -0.300. The molecule has 0 N–H and O–H groups in total. The van der Waals surface area contributed by atoms with Crippen LogP contribution >= 0.6 is 39.9 Å². The van der Waals surface area contributed by atoms with Gasteiger partial charge in [0, 0.05) is 17.3 Å². The minimum Gasteiger partial charge on any atom is -0.327 e. The number of aromatic nitrogens is 2. The van der Waals surface area contributed by atoms with Crippen molar-refractivity contribution in [3.05, 3.63) is 28.5 Å². The molecule has 112 valence electrons. The van der Waals surface area contributed by atoms with Crippen molar-refractivity contribution in [2.24, 2.45) is 0 Å². The van der Waals surface area contributed by atoms with Gasteiger partial charge in [-0.2, -0.15) is 0 Å². The predicted molar refractivity (Wildman–Crippen MR) is 88.6 cm³/mol. The maximum Gasteiger partial charge on any atom is 0.147 e. The number of fused-ring (bicyclic) bond motifs is 1. The summed E-state index contributed by atoms with van der Waals surface area (Å²) in [5.74, 6) is 1.25. The lowest BCUT2D eigenvalue weighted by atomic mass is 10.3. The van der Waals surface area contributed by atoms with Crippen molar-refractivity contribution in [1.82, 2.24) is 9.55 Å². The molecule has 1 aromatic heterocycles. The summed E-state index contributed by atoms with van der Waals surface area (Å²) in [6.45, 7) is 0.604. The molecule has 0 saturated heterocycles. The van der Waals surface area contributed by atoms with Crippen molar-refractivity contribution in [3.8, 4) is 0 Å². The Morgan fingerprint density at radius 1 is 1.40 bits per heavy atom. The van der Waals surface area contributed by atoms with Crippen molar-refractivity contribution in [2.45, 2.75) is 18.8 Å². The summed E-state index contributed by atoms with van der Waals surface area (Å²) in [7, 11) is -2.93. The van der Waals surface area contributed by atoms with Crippen LogP contribution in [0.15, 0.2) is 22.7 Å². The molecule has 0 fully saturated rings. The van der Waals surface area contributed by atoms with E-state index >= 15 is 0 Å². The first-order valence-electron chi connectivity index (χ1n) is 5.79. The Balaban J connectivity index is 0.00000200. The Bertz CT molecular complexity index is 701. The lowest BCUT2D eigenvalue weighted by molar-refractivity contribution is 0.591. The van der Waals surface area contributed by atoms with Gasteiger partial charge in [0.1, 0.15) is 15.7 Å². The van der Waals surface area contributed by atoms with Crippen molar-refractivity contribution >= 4 is 60.8 Å². The van der Waals surface area contributed by atoms with Gasteiger partial charge in [0.05, 0.1) is 22.7 Å². The SMILES string of the molecule is CS(=O)(=O)CCCn1c(CCl)nc2cc(Br)ccc21.Cl. The molecule has 0 atom stereocenters. The van der Waals surface area contributed by atoms with Gasteiger partial charge in [-0.1, -0.05) is 15.9 Å². The monoisotopic (exact) mass is 400 g/mol. The van der Waals surface area contributed by atoms with E-state index in [1.807, 2.05) is 22.8 Å². The minimum absolute atomic E-state index is 0. The molecule has 0 radical (unpaired) electrons. The fourth-order valence-corrected chi connectivity index (χ4v) is 3.20. The molecule has 0 spiro atoms. The Morgan fingerprint density at radius 2 is 2.10 bits per heavy atom. The van der Waals surface area contributed by atoms with Crippen molar-refractivity contribution < 1.29 is 8.42 Å². The second-order valence-corrected chi connectivity index (χ2v) is 7.87. The lowest BCUT2D eigenvalue weighted by Crippen LogP contribution is -2.09. The van der Waals surface area contributed by atoms with Crippen molar-refractivity contribution in [3.63, 3.8) is 0 Å². The summed E-state index contributed by atoms with van der Waals surface area (Å²) in [6.07, 6.45) is 1.81. The summed E-state index contributed by atoms with van der Waals surface area (Å²) in [5.41, 5.74) is 1.84. The van der Waals surface area contributed by atoms with Gasteiger partial charge in [-0.3, -0.25) is 0 Å². The van der Waals surface area contributed by atoms with Crippen LogP contribution in [0.2, 0.25) is 0 Å². The average molecular weight is 402 g/mol. The molecular weight excluding hydrogens is 387 g/mol. The summed E-state index contributed by atoms with van der Waals surface area (Å²) in [5, 5.41) is 0. The minimum atomic E-state index is -2.93. The molecule has 2 aromatic rings. The van der Waals surface area contributed by atoms with Gasteiger partial charge in [-0.05, 0) is 24.6 Å². The number of alkyl halides is 1. The molecule has 0 aliphatic carbocycles. The van der Waals surface area contributed by atoms with Gasteiger partial charge in [0.25, 0.3) is 0 Å².